The van der Waals surface area contributed by atoms with E-state index in [1.807, 2.05) is 25.1 Å². The molecule has 1 atom stereocenters. The van der Waals surface area contributed by atoms with Crippen LogP contribution < -0.4 is 25.4 Å². The summed E-state index contributed by atoms with van der Waals surface area (Å²) in [5.41, 5.74) is 1.81. The SMILES string of the molecule is CNCC(C)C(=O)Nc1ccccc1C(=O)NCc1ccc2c(c1)OCO2. The number of carbonyl (C=O) groups is 2. The lowest BCUT2D eigenvalue weighted by molar-refractivity contribution is -0.119. The summed E-state index contributed by atoms with van der Waals surface area (Å²) in [5.74, 6) is 0.770. The second-order valence-electron chi connectivity index (χ2n) is 6.36. The summed E-state index contributed by atoms with van der Waals surface area (Å²) < 4.78 is 10.6. The molecule has 3 rings (SSSR count). The fourth-order valence-corrected chi connectivity index (χ4v) is 2.77. The van der Waals surface area contributed by atoms with E-state index < -0.39 is 0 Å². The van der Waals surface area contributed by atoms with E-state index in [2.05, 4.69) is 16.0 Å². The Hall–Kier alpha value is -3.06. The van der Waals surface area contributed by atoms with Crippen molar-refractivity contribution in [1.29, 1.82) is 0 Å². The number of benzene rings is 2. The smallest absolute Gasteiger partial charge is 0.253 e. The molecule has 142 valence electrons. The van der Waals surface area contributed by atoms with Crippen molar-refractivity contribution < 1.29 is 19.1 Å². The van der Waals surface area contributed by atoms with Gasteiger partial charge in [-0.2, -0.15) is 0 Å². The van der Waals surface area contributed by atoms with Crippen molar-refractivity contribution in [3.63, 3.8) is 0 Å². The molecule has 0 radical (unpaired) electrons. The molecule has 1 aliphatic heterocycles. The van der Waals surface area contributed by atoms with E-state index in [-0.39, 0.29) is 24.5 Å². The summed E-state index contributed by atoms with van der Waals surface area (Å²) >= 11 is 0. The summed E-state index contributed by atoms with van der Waals surface area (Å²) in [7, 11) is 1.79. The van der Waals surface area contributed by atoms with Crippen molar-refractivity contribution >= 4 is 17.5 Å². The van der Waals surface area contributed by atoms with Gasteiger partial charge < -0.3 is 25.4 Å². The third-order valence-corrected chi connectivity index (χ3v) is 4.28. The highest BCUT2D eigenvalue weighted by Gasteiger charge is 2.17. The van der Waals surface area contributed by atoms with Gasteiger partial charge in [0.2, 0.25) is 12.7 Å². The Balaban J connectivity index is 1.65. The van der Waals surface area contributed by atoms with Crippen molar-refractivity contribution in [3.05, 3.63) is 53.6 Å². The second-order valence-corrected chi connectivity index (χ2v) is 6.36. The Morgan fingerprint density at radius 1 is 1.11 bits per heavy atom. The first-order valence-corrected chi connectivity index (χ1v) is 8.79. The standard InChI is InChI=1S/C20H23N3O4/c1-13(10-21-2)19(24)23-16-6-4-3-5-15(16)20(25)22-11-14-7-8-17-18(9-14)27-12-26-17/h3-9,13,21H,10-12H2,1-2H3,(H,22,25)(H,23,24). The van der Waals surface area contributed by atoms with Crippen LogP contribution in [0.5, 0.6) is 11.5 Å². The number of nitrogens with one attached hydrogen (secondary N) is 3. The van der Waals surface area contributed by atoms with Crippen molar-refractivity contribution in [3.8, 4) is 11.5 Å². The van der Waals surface area contributed by atoms with Gasteiger partial charge in [-0.15, -0.1) is 0 Å². The van der Waals surface area contributed by atoms with Crippen LogP contribution in [0.3, 0.4) is 0 Å². The van der Waals surface area contributed by atoms with Crippen LogP contribution in [0.25, 0.3) is 0 Å². The molecule has 0 fully saturated rings. The van der Waals surface area contributed by atoms with Crippen LogP contribution in [0, 0.1) is 5.92 Å². The van der Waals surface area contributed by atoms with Gasteiger partial charge in [-0.25, -0.2) is 0 Å². The van der Waals surface area contributed by atoms with Crippen molar-refractivity contribution in [1.82, 2.24) is 10.6 Å². The third-order valence-electron chi connectivity index (χ3n) is 4.28. The minimum atomic E-state index is -0.259. The highest BCUT2D eigenvalue weighted by Crippen LogP contribution is 2.32. The number of fused-ring (bicyclic) bond motifs is 1. The zero-order chi connectivity index (χ0) is 19.2. The summed E-state index contributed by atoms with van der Waals surface area (Å²) in [6.07, 6.45) is 0. The maximum atomic E-state index is 12.6. The maximum Gasteiger partial charge on any atom is 0.253 e. The Bertz CT molecular complexity index is 838. The number of hydrogen-bond acceptors (Lipinski definition) is 5. The zero-order valence-corrected chi connectivity index (χ0v) is 15.4. The molecule has 27 heavy (non-hydrogen) atoms. The molecule has 2 aromatic carbocycles. The molecule has 0 saturated heterocycles. The molecule has 3 N–H and O–H groups in total. The monoisotopic (exact) mass is 369 g/mol. The molecular weight excluding hydrogens is 346 g/mol. The van der Waals surface area contributed by atoms with E-state index in [0.717, 1.165) is 5.56 Å². The minimum absolute atomic E-state index is 0.139. The molecule has 7 nitrogen and oxygen atoms in total. The summed E-state index contributed by atoms with van der Waals surface area (Å²) in [4.78, 5) is 24.9. The van der Waals surface area contributed by atoms with Gasteiger partial charge in [0.25, 0.3) is 5.91 Å². The summed E-state index contributed by atoms with van der Waals surface area (Å²) in [6, 6.07) is 12.5. The number of rotatable bonds is 7. The zero-order valence-electron chi connectivity index (χ0n) is 15.4. The Morgan fingerprint density at radius 2 is 1.89 bits per heavy atom. The largest absolute Gasteiger partial charge is 0.454 e. The third kappa shape index (κ3) is 4.57. The van der Waals surface area contributed by atoms with Gasteiger partial charge in [-0.3, -0.25) is 9.59 Å². The minimum Gasteiger partial charge on any atom is -0.454 e. The molecule has 1 heterocycles. The van der Waals surface area contributed by atoms with Crippen LogP contribution >= 0.6 is 0 Å². The number of hydrogen-bond donors (Lipinski definition) is 3. The number of para-hydroxylation sites is 1. The first-order chi connectivity index (χ1) is 13.1. The lowest BCUT2D eigenvalue weighted by Gasteiger charge is -2.14. The highest BCUT2D eigenvalue weighted by atomic mass is 16.7. The molecule has 7 heteroatoms. The van der Waals surface area contributed by atoms with Crippen molar-refractivity contribution in [2.24, 2.45) is 5.92 Å². The Labute approximate surface area is 158 Å². The van der Waals surface area contributed by atoms with Crippen molar-refractivity contribution in [2.45, 2.75) is 13.5 Å². The van der Waals surface area contributed by atoms with E-state index >= 15 is 0 Å². The fourth-order valence-electron chi connectivity index (χ4n) is 2.77. The number of amides is 2. The average Bonchev–Trinajstić information content (AvgIpc) is 3.14. The van der Waals surface area contributed by atoms with Crippen LogP contribution in [-0.2, 0) is 11.3 Å². The lowest BCUT2D eigenvalue weighted by Crippen LogP contribution is -2.30. The van der Waals surface area contributed by atoms with Gasteiger partial charge in [0, 0.05) is 19.0 Å². The molecule has 1 aliphatic rings. The van der Waals surface area contributed by atoms with Crippen LogP contribution in [0.15, 0.2) is 42.5 Å². The number of anilines is 1. The average molecular weight is 369 g/mol. The molecule has 2 aromatic rings. The van der Waals surface area contributed by atoms with Gasteiger partial charge in [-0.1, -0.05) is 25.1 Å². The van der Waals surface area contributed by atoms with E-state index in [1.54, 1.807) is 31.3 Å². The predicted molar refractivity (Wildman–Crippen MR) is 102 cm³/mol. The van der Waals surface area contributed by atoms with Gasteiger partial charge in [-0.05, 0) is 36.9 Å². The van der Waals surface area contributed by atoms with Gasteiger partial charge in [0.1, 0.15) is 0 Å². The molecule has 0 aliphatic carbocycles. The van der Waals surface area contributed by atoms with Gasteiger partial charge in [0.05, 0.1) is 11.3 Å². The number of ether oxygens (including phenoxy) is 2. The van der Waals surface area contributed by atoms with E-state index in [1.165, 1.54) is 0 Å². The highest BCUT2D eigenvalue weighted by molar-refractivity contribution is 6.04. The lowest BCUT2D eigenvalue weighted by atomic mass is 10.1. The summed E-state index contributed by atoms with van der Waals surface area (Å²) in [6.45, 7) is 2.94. The maximum absolute atomic E-state index is 12.6. The first-order valence-electron chi connectivity index (χ1n) is 8.79. The fraction of sp³-hybridized carbons (Fsp3) is 0.300. The molecule has 0 saturated carbocycles. The van der Waals surface area contributed by atoms with Crippen LogP contribution in [-0.4, -0.2) is 32.2 Å². The van der Waals surface area contributed by atoms with Gasteiger partial charge in [0.15, 0.2) is 11.5 Å². The van der Waals surface area contributed by atoms with Crippen LogP contribution in [0.4, 0.5) is 5.69 Å². The first kappa shape index (κ1) is 18.7. The Morgan fingerprint density at radius 3 is 2.70 bits per heavy atom. The van der Waals surface area contributed by atoms with Gasteiger partial charge >= 0.3 is 0 Å². The Kier molecular flexibility index (Phi) is 5.93. The quantitative estimate of drug-likeness (QED) is 0.696. The topological polar surface area (TPSA) is 88.7 Å². The number of carbonyl (C=O) groups excluding carboxylic acids is 2. The molecule has 1 unspecified atom stereocenters. The predicted octanol–water partition coefficient (Wildman–Crippen LogP) is 2.14. The van der Waals surface area contributed by atoms with Crippen LogP contribution in [0.1, 0.15) is 22.8 Å². The molecule has 0 bridgehead atoms. The van der Waals surface area contributed by atoms with E-state index in [0.29, 0.717) is 35.8 Å². The van der Waals surface area contributed by atoms with E-state index in [9.17, 15) is 9.59 Å². The molecule has 0 spiro atoms. The van der Waals surface area contributed by atoms with E-state index in [4.69, 9.17) is 9.47 Å². The summed E-state index contributed by atoms with van der Waals surface area (Å²) in [5, 5.41) is 8.68. The molecular formula is C20H23N3O4. The molecule has 0 aromatic heterocycles. The van der Waals surface area contributed by atoms with Crippen molar-refractivity contribution in [2.75, 3.05) is 25.7 Å². The molecule has 2 amide bonds. The second kappa shape index (κ2) is 8.55. The normalized spacial score (nSPS) is 13.1. The van der Waals surface area contributed by atoms with Crippen LogP contribution in [0.2, 0.25) is 0 Å².